The fourth-order valence-electron chi connectivity index (χ4n) is 5.67. The SMILES string of the molecule is Brc1ccccc1CO[C@H]1O[C@H](COCc2ccccc2)[C@@H](OCc2ccccc2)[C@H](OCc2ccccc2)[C@H]1OCc1ccccc1. The molecule has 7 heteroatoms. The third kappa shape index (κ3) is 9.94. The van der Waals surface area contributed by atoms with Crippen LogP contribution in [0.2, 0.25) is 0 Å². The summed E-state index contributed by atoms with van der Waals surface area (Å²) in [4.78, 5) is 0. The van der Waals surface area contributed by atoms with Gasteiger partial charge >= 0.3 is 0 Å². The molecule has 0 saturated carbocycles. The molecular formula is C41H41BrO6. The highest BCUT2D eigenvalue weighted by Gasteiger charge is 2.49. The molecule has 6 nitrogen and oxygen atoms in total. The molecule has 0 unspecified atom stereocenters. The van der Waals surface area contributed by atoms with Gasteiger partial charge in [-0.25, -0.2) is 0 Å². The van der Waals surface area contributed by atoms with Crippen LogP contribution in [0.3, 0.4) is 0 Å². The summed E-state index contributed by atoms with van der Waals surface area (Å²) in [6.07, 6.45) is -2.93. The van der Waals surface area contributed by atoms with Gasteiger partial charge in [-0.3, -0.25) is 0 Å². The van der Waals surface area contributed by atoms with Crippen LogP contribution in [0.4, 0.5) is 0 Å². The topological polar surface area (TPSA) is 55.4 Å². The van der Waals surface area contributed by atoms with E-state index >= 15 is 0 Å². The quantitative estimate of drug-likeness (QED) is 0.102. The van der Waals surface area contributed by atoms with Gasteiger partial charge in [-0.15, -0.1) is 0 Å². The van der Waals surface area contributed by atoms with Crippen molar-refractivity contribution >= 4 is 15.9 Å². The Hall–Kier alpha value is -3.66. The van der Waals surface area contributed by atoms with E-state index in [0.717, 1.165) is 32.3 Å². The molecule has 48 heavy (non-hydrogen) atoms. The smallest absolute Gasteiger partial charge is 0.187 e. The van der Waals surface area contributed by atoms with Gasteiger partial charge in [-0.2, -0.15) is 0 Å². The molecule has 1 heterocycles. The third-order valence-electron chi connectivity index (χ3n) is 8.20. The van der Waals surface area contributed by atoms with Crippen molar-refractivity contribution in [3.05, 3.63) is 178 Å². The average molecular weight is 710 g/mol. The van der Waals surface area contributed by atoms with E-state index in [2.05, 4.69) is 40.2 Å². The summed E-state index contributed by atoms with van der Waals surface area (Å²) in [5.41, 5.74) is 5.23. The van der Waals surface area contributed by atoms with Crippen LogP contribution in [0.15, 0.2) is 150 Å². The van der Waals surface area contributed by atoms with Crippen molar-refractivity contribution in [3.8, 4) is 0 Å². The van der Waals surface area contributed by atoms with Gasteiger partial charge in [-0.05, 0) is 33.9 Å². The third-order valence-corrected chi connectivity index (χ3v) is 8.98. The van der Waals surface area contributed by atoms with Crippen LogP contribution in [-0.4, -0.2) is 37.3 Å². The first kappa shape index (κ1) is 34.2. The molecule has 0 N–H and O–H groups in total. The maximum atomic E-state index is 6.80. The summed E-state index contributed by atoms with van der Waals surface area (Å²) in [5.74, 6) is 0. The minimum atomic E-state index is -0.761. The largest absolute Gasteiger partial charge is 0.374 e. The van der Waals surface area contributed by atoms with Crippen molar-refractivity contribution in [2.75, 3.05) is 6.61 Å². The Morgan fingerprint density at radius 3 is 1.40 bits per heavy atom. The molecule has 0 spiro atoms. The Kier molecular flexibility index (Phi) is 13.0. The Bertz CT molecular complexity index is 1620. The van der Waals surface area contributed by atoms with Gasteiger partial charge in [0.15, 0.2) is 6.29 Å². The van der Waals surface area contributed by atoms with Crippen LogP contribution >= 0.6 is 15.9 Å². The number of ether oxygens (including phenoxy) is 6. The van der Waals surface area contributed by atoms with E-state index in [1.54, 1.807) is 0 Å². The van der Waals surface area contributed by atoms with E-state index in [-0.39, 0.29) is 6.61 Å². The minimum absolute atomic E-state index is 0.278. The lowest BCUT2D eigenvalue weighted by Crippen LogP contribution is -2.61. The van der Waals surface area contributed by atoms with Crippen molar-refractivity contribution in [2.24, 2.45) is 0 Å². The summed E-state index contributed by atoms with van der Waals surface area (Å²) in [6, 6.07) is 48.5. The van der Waals surface area contributed by atoms with Crippen LogP contribution in [0.1, 0.15) is 27.8 Å². The van der Waals surface area contributed by atoms with Gasteiger partial charge in [0.1, 0.15) is 24.4 Å². The molecule has 5 aromatic carbocycles. The highest BCUT2D eigenvalue weighted by atomic mass is 79.9. The standard InChI is InChI=1S/C41H41BrO6/c42-36-24-14-13-23-35(36)29-47-41-40(46-28-34-21-11-4-12-22-34)39(45-27-33-19-9-3-10-20-33)38(44-26-32-17-7-2-8-18-32)37(48-41)30-43-25-31-15-5-1-6-16-31/h1-24,37-41H,25-30H2/t37-,38-,39+,40-,41+/m1/s1. The lowest BCUT2D eigenvalue weighted by Gasteiger charge is -2.46. The first-order chi connectivity index (χ1) is 23.7. The predicted octanol–water partition coefficient (Wildman–Crippen LogP) is 8.66. The molecule has 0 bridgehead atoms. The molecule has 5 atom stereocenters. The molecule has 1 saturated heterocycles. The molecule has 1 aliphatic rings. The van der Waals surface area contributed by atoms with Gasteiger partial charge in [0.2, 0.25) is 0 Å². The number of halogens is 1. The Balaban J connectivity index is 1.30. The first-order valence-electron chi connectivity index (χ1n) is 16.3. The Morgan fingerprint density at radius 1 is 0.438 bits per heavy atom. The van der Waals surface area contributed by atoms with E-state index in [9.17, 15) is 0 Å². The van der Waals surface area contributed by atoms with E-state index in [1.807, 2.05) is 121 Å². The van der Waals surface area contributed by atoms with Gasteiger partial charge in [-0.1, -0.05) is 155 Å². The number of hydrogen-bond donors (Lipinski definition) is 0. The lowest BCUT2D eigenvalue weighted by atomic mass is 9.97. The molecule has 0 aliphatic carbocycles. The van der Waals surface area contributed by atoms with E-state index < -0.39 is 30.7 Å². The number of benzene rings is 5. The lowest BCUT2D eigenvalue weighted by molar-refractivity contribution is -0.330. The Labute approximate surface area is 291 Å². The van der Waals surface area contributed by atoms with Crippen molar-refractivity contribution in [2.45, 2.75) is 63.7 Å². The van der Waals surface area contributed by atoms with Crippen molar-refractivity contribution < 1.29 is 28.4 Å². The summed E-state index contributed by atoms with van der Waals surface area (Å²) in [6.45, 7) is 2.14. The van der Waals surface area contributed by atoms with E-state index in [0.29, 0.717) is 33.0 Å². The van der Waals surface area contributed by atoms with Gasteiger partial charge < -0.3 is 28.4 Å². The zero-order chi connectivity index (χ0) is 32.8. The van der Waals surface area contributed by atoms with E-state index in [1.165, 1.54) is 0 Å². The minimum Gasteiger partial charge on any atom is -0.374 e. The molecule has 1 aliphatic heterocycles. The maximum absolute atomic E-state index is 6.80. The molecule has 1 fully saturated rings. The average Bonchev–Trinajstić information content (AvgIpc) is 3.14. The van der Waals surface area contributed by atoms with Crippen LogP contribution in [-0.2, 0) is 61.5 Å². The highest BCUT2D eigenvalue weighted by molar-refractivity contribution is 9.10. The molecule has 0 radical (unpaired) electrons. The summed E-state index contributed by atoms with van der Waals surface area (Å²) >= 11 is 3.66. The number of rotatable bonds is 16. The van der Waals surface area contributed by atoms with Crippen LogP contribution in [0, 0.1) is 0 Å². The molecule has 0 aromatic heterocycles. The van der Waals surface area contributed by atoms with Crippen LogP contribution in [0.5, 0.6) is 0 Å². The fourth-order valence-corrected chi connectivity index (χ4v) is 6.07. The highest BCUT2D eigenvalue weighted by Crippen LogP contribution is 2.32. The first-order valence-corrected chi connectivity index (χ1v) is 17.1. The summed E-state index contributed by atoms with van der Waals surface area (Å²) in [5, 5.41) is 0. The Morgan fingerprint density at radius 2 is 0.875 bits per heavy atom. The zero-order valence-electron chi connectivity index (χ0n) is 26.8. The van der Waals surface area contributed by atoms with Crippen LogP contribution in [0.25, 0.3) is 0 Å². The number of hydrogen-bond acceptors (Lipinski definition) is 6. The summed E-state index contributed by atoms with van der Waals surface area (Å²) in [7, 11) is 0. The second-order valence-electron chi connectivity index (χ2n) is 11.7. The monoisotopic (exact) mass is 708 g/mol. The van der Waals surface area contributed by atoms with E-state index in [4.69, 9.17) is 28.4 Å². The molecular weight excluding hydrogens is 668 g/mol. The van der Waals surface area contributed by atoms with Gasteiger partial charge in [0.05, 0.1) is 39.6 Å². The fraction of sp³-hybridized carbons (Fsp3) is 0.268. The van der Waals surface area contributed by atoms with Crippen molar-refractivity contribution in [1.82, 2.24) is 0 Å². The predicted molar refractivity (Wildman–Crippen MR) is 189 cm³/mol. The molecule has 0 amide bonds. The maximum Gasteiger partial charge on any atom is 0.187 e. The molecule has 6 rings (SSSR count). The second kappa shape index (κ2) is 18.2. The van der Waals surface area contributed by atoms with Crippen molar-refractivity contribution in [3.63, 3.8) is 0 Å². The van der Waals surface area contributed by atoms with Crippen LogP contribution < -0.4 is 0 Å². The second-order valence-corrected chi connectivity index (χ2v) is 12.6. The van der Waals surface area contributed by atoms with Gasteiger partial charge in [0.25, 0.3) is 0 Å². The summed E-state index contributed by atoms with van der Waals surface area (Å²) < 4.78 is 40.8. The van der Waals surface area contributed by atoms with Crippen molar-refractivity contribution in [1.29, 1.82) is 0 Å². The molecule has 248 valence electrons. The normalized spacial score (nSPS) is 20.8. The zero-order valence-corrected chi connectivity index (χ0v) is 28.4. The van der Waals surface area contributed by atoms with Gasteiger partial charge in [0, 0.05) is 4.47 Å². The molecule has 5 aromatic rings.